The van der Waals surface area contributed by atoms with Gasteiger partial charge in [-0.2, -0.15) is 0 Å². The van der Waals surface area contributed by atoms with Gasteiger partial charge in [-0.1, -0.05) is 11.6 Å². The quantitative estimate of drug-likeness (QED) is 0.807. The molecule has 2 atom stereocenters. The molecule has 2 bridgehead atoms. The Morgan fingerprint density at radius 2 is 2.38 bits per heavy atom. The lowest BCUT2D eigenvalue weighted by molar-refractivity contribution is 0.434. The van der Waals surface area contributed by atoms with Gasteiger partial charge in [0.1, 0.15) is 5.15 Å². The van der Waals surface area contributed by atoms with Crippen molar-refractivity contribution in [3.05, 3.63) is 21.9 Å². The number of anilines is 1. The fourth-order valence-corrected chi connectivity index (χ4v) is 3.13. The third-order valence-corrected chi connectivity index (χ3v) is 4.56. The van der Waals surface area contributed by atoms with E-state index in [1.807, 2.05) is 6.20 Å². The van der Waals surface area contributed by atoms with Crippen molar-refractivity contribution in [2.45, 2.75) is 12.5 Å². The average Bonchev–Trinajstić information content (AvgIpc) is 2.58. The summed E-state index contributed by atoms with van der Waals surface area (Å²) in [5.41, 5.74) is 1.17. The molecular weight excluding hydrogens is 289 g/mol. The number of hydrogen-bond acceptors (Lipinski definition) is 3. The molecule has 0 unspecified atom stereocenters. The number of piperidine rings is 1. The van der Waals surface area contributed by atoms with Crippen LogP contribution in [0.15, 0.2) is 16.7 Å². The van der Waals surface area contributed by atoms with Crippen molar-refractivity contribution in [2.24, 2.45) is 5.92 Å². The van der Waals surface area contributed by atoms with Gasteiger partial charge < -0.3 is 10.2 Å². The van der Waals surface area contributed by atoms with Crippen molar-refractivity contribution in [1.82, 2.24) is 10.3 Å². The highest BCUT2D eigenvalue weighted by Crippen LogP contribution is 2.33. The largest absolute Gasteiger partial charge is 0.366 e. The van der Waals surface area contributed by atoms with Crippen LogP contribution in [0.25, 0.3) is 0 Å². The topological polar surface area (TPSA) is 28.2 Å². The summed E-state index contributed by atoms with van der Waals surface area (Å²) >= 11 is 9.34. The van der Waals surface area contributed by atoms with E-state index >= 15 is 0 Å². The smallest absolute Gasteiger partial charge is 0.143 e. The molecule has 2 aliphatic rings. The third kappa shape index (κ3) is 1.83. The van der Waals surface area contributed by atoms with Crippen LogP contribution in [-0.4, -0.2) is 30.7 Å². The Balaban J connectivity index is 1.89. The van der Waals surface area contributed by atoms with Crippen molar-refractivity contribution in [3.8, 4) is 0 Å². The minimum Gasteiger partial charge on any atom is -0.366 e. The summed E-state index contributed by atoms with van der Waals surface area (Å²) in [5, 5.41) is 4.00. The van der Waals surface area contributed by atoms with Crippen LogP contribution in [0, 0.1) is 5.92 Å². The Hall–Kier alpha value is -0.320. The van der Waals surface area contributed by atoms with Crippen LogP contribution < -0.4 is 10.2 Å². The monoisotopic (exact) mass is 301 g/mol. The van der Waals surface area contributed by atoms with E-state index < -0.39 is 0 Å². The molecule has 16 heavy (non-hydrogen) atoms. The van der Waals surface area contributed by atoms with E-state index in [0.29, 0.717) is 11.2 Å². The third-order valence-electron chi connectivity index (χ3n) is 3.43. The molecule has 2 saturated heterocycles. The van der Waals surface area contributed by atoms with E-state index in [4.69, 9.17) is 11.6 Å². The molecule has 5 heteroatoms. The summed E-state index contributed by atoms with van der Waals surface area (Å²) < 4.78 is 0.876. The number of nitrogens with zero attached hydrogens (tertiary/aromatic N) is 2. The first-order valence-electron chi connectivity index (χ1n) is 5.52. The number of pyridine rings is 1. The molecule has 0 radical (unpaired) electrons. The standard InChI is InChI=1S/C11H13BrClN3/c12-10-2-9(5-15-11(10)13)16-6-7-1-8(16)4-14-3-7/h2,5,7-8,14H,1,3-4,6H2/t7-,8-/m1/s1. The Morgan fingerprint density at radius 1 is 1.50 bits per heavy atom. The van der Waals surface area contributed by atoms with Gasteiger partial charge in [-0.25, -0.2) is 4.98 Å². The Morgan fingerprint density at radius 3 is 3.12 bits per heavy atom. The van der Waals surface area contributed by atoms with Gasteiger partial charge in [0, 0.05) is 19.1 Å². The Kier molecular flexibility index (Phi) is 2.81. The first-order chi connectivity index (χ1) is 7.74. The number of hydrogen-bond donors (Lipinski definition) is 1. The van der Waals surface area contributed by atoms with Crippen LogP contribution in [0.2, 0.25) is 5.15 Å². The van der Waals surface area contributed by atoms with E-state index in [9.17, 15) is 0 Å². The average molecular weight is 303 g/mol. The summed E-state index contributed by atoms with van der Waals surface area (Å²) in [6, 6.07) is 2.68. The zero-order valence-electron chi connectivity index (χ0n) is 8.79. The summed E-state index contributed by atoms with van der Waals surface area (Å²) in [7, 11) is 0. The second kappa shape index (κ2) is 4.17. The van der Waals surface area contributed by atoms with E-state index in [0.717, 1.165) is 30.0 Å². The lowest BCUT2D eigenvalue weighted by Crippen LogP contribution is -2.39. The molecule has 2 fully saturated rings. The van der Waals surface area contributed by atoms with Crippen LogP contribution >= 0.6 is 27.5 Å². The molecule has 1 N–H and O–H groups in total. The molecule has 0 aliphatic carbocycles. The van der Waals surface area contributed by atoms with Crippen LogP contribution in [0.4, 0.5) is 5.69 Å². The Labute approximate surface area is 108 Å². The van der Waals surface area contributed by atoms with Gasteiger partial charge in [0.05, 0.1) is 16.4 Å². The number of fused-ring (bicyclic) bond motifs is 2. The first-order valence-corrected chi connectivity index (χ1v) is 6.69. The molecule has 3 heterocycles. The molecule has 0 spiro atoms. The van der Waals surface area contributed by atoms with E-state index in [2.05, 4.69) is 37.2 Å². The maximum Gasteiger partial charge on any atom is 0.143 e. The van der Waals surface area contributed by atoms with E-state index in [1.165, 1.54) is 12.1 Å². The fourth-order valence-electron chi connectivity index (χ4n) is 2.69. The highest BCUT2D eigenvalue weighted by molar-refractivity contribution is 9.10. The molecule has 2 aliphatic heterocycles. The van der Waals surface area contributed by atoms with Crippen molar-refractivity contribution < 1.29 is 0 Å². The second-order valence-electron chi connectivity index (χ2n) is 4.53. The maximum absolute atomic E-state index is 5.91. The summed E-state index contributed by atoms with van der Waals surface area (Å²) in [6.45, 7) is 3.36. The van der Waals surface area contributed by atoms with Gasteiger partial charge >= 0.3 is 0 Å². The molecular formula is C11H13BrClN3. The lowest BCUT2D eigenvalue weighted by Gasteiger charge is -2.26. The Bertz CT molecular complexity index is 412. The minimum absolute atomic E-state index is 0.532. The van der Waals surface area contributed by atoms with Gasteiger partial charge in [0.25, 0.3) is 0 Å². The van der Waals surface area contributed by atoms with Crippen molar-refractivity contribution >= 4 is 33.2 Å². The van der Waals surface area contributed by atoms with Crippen LogP contribution in [0.5, 0.6) is 0 Å². The van der Waals surface area contributed by atoms with Crippen molar-refractivity contribution in [3.63, 3.8) is 0 Å². The maximum atomic E-state index is 5.91. The lowest BCUT2D eigenvalue weighted by atomic mass is 10.0. The molecule has 1 aromatic rings. The van der Waals surface area contributed by atoms with Crippen LogP contribution in [0.1, 0.15) is 6.42 Å². The zero-order chi connectivity index (χ0) is 11.1. The molecule has 86 valence electrons. The zero-order valence-corrected chi connectivity index (χ0v) is 11.1. The van der Waals surface area contributed by atoms with Crippen LogP contribution in [-0.2, 0) is 0 Å². The van der Waals surface area contributed by atoms with E-state index in [-0.39, 0.29) is 0 Å². The highest BCUT2D eigenvalue weighted by Gasteiger charge is 2.35. The summed E-state index contributed by atoms with van der Waals surface area (Å²) in [6.07, 6.45) is 3.17. The minimum atomic E-state index is 0.532. The van der Waals surface area contributed by atoms with E-state index in [1.54, 1.807) is 0 Å². The number of nitrogens with one attached hydrogen (secondary N) is 1. The van der Waals surface area contributed by atoms with Gasteiger partial charge in [-0.05, 0) is 40.9 Å². The predicted molar refractivity (Wildman–Crippen MR) is 69.1 cm³/mol. The van der Waals surface area contributed by atoms with Gasteiger partial charge in [0.15, 0.2) is 0 Å². The molecule has 0 aromatic carbocycles. The molecule has 0 amide bonds. The molecule has 3 nitrogen and oxygen atoms in total. The van der Waals surface area contributed by atoms with Gasteiger partial charge in [-0.3, -0.25) is 0 Å². The fraction of sp³-hybridized carbons (Fsp3) is 0.545. The second-order valence-corrected chi connectivity index (χ2v) is 5.74. The molecule has 3 rings (SSSR count). The SMILES string of the molecule is Clc1ncc(N2C[C@H]3CNC[C@H]2C3)cc1Br. The number of aromatic nitrogens is 1. The molecule has 0 saturated carbocycles. The molecule has 1 aromatic heterocycles. The van der Waals surface area contributed by atoms with Crippen LogP contribution in [0.3, 0.4) is 0 Å². The summed E-state index contributed by atoms with van der Waals surface area (Å²) in [5.74, 6) is 0.785. The first kappa shape index (κ1) is 10.8. The normalized spacial score (nSPS) is 28.5. The number of rotatable bonds is 1. The highest BCUT2D eigenvalue weighted by atomic mass is 79.9. The summed E-state index contributed by atoms with van der Waals surface area (Å²) in [4.78, 5) is 6.64. The predicted octanol–water partition coefficient (Wildman–Crippen LogP) is 2.30. The number of halogens is 2. The van der Waals surface area contributed by atoms with Crippen molar-refractivity contribution in [1.29, 1.82) is 0 Å². The van der Waals surface area contributed by atoms with Gasteiger partial charge in [-0.15, -0.1) is 0 Å². The van der Waals surface area contributed by atoms with Crippen molar-refractivity contribution in [2.75, 3.05) is 24.5 Å². The van der Waals surface area contributed by atoms with Gasteiger partial charge in [0.2, 0.25) is 0 Å².